The summed E-state index contributed by atoms with van der Waals surface area (Å²) in [5, 5.41) is 3.46. The van der Waals surface area contributed by atoms with Gasteiger partial charge in [0.05, 0.1) is 5.69 Å². The Hall–Kier alpha value is -0.410. The lowest BCUT2D eigenvalue weighted by Gasteiger charge is -2.02. The van der Waals surface area contributed by atoms with E-state index in [2.05, 4.69) is 33.2 Å². The second kappa shape index (κ2) is 3.76. The maximum absolute atomic E-state index is 4.29. The number of rotatable bonds is 3. The summed E-state index contributed by atoms with van der Waals surface area (Å²) < 4.78 is 1.04. The molecule has 0 amide bonds. The molecule has 2 nitrogen and oxygen atoms in total. The highest BCUT2D eigenvalue weighted by atomic mass is 79.9. The zero-order valence-corrected chi connectivity index (χ0v) is 9.21. The minimum Gasteiger partial charge on any atom is -0.308 e. The Bertz CT molecular complexity index is 283. The third-order valence-corrected chi connectivity index (χ3v) is 2.91. The van der Waals surface area contributed by atoms with E-state index in [-0.39, 0.29) is 0 Å². The van der Waals surface area contributed by atoms with E-state index in [1.54, 1.807) is 0 Å². The minimum absolute atomic E-state index is 0.727. The number of hydrogen-bond donors (Lipinski definition) is 1. The van der Waals surface area contributed by atoms with Gasteiger partial charge in [-0.1, -0.05) is 6.92 Å². The standard InChI is InChI=1S/C10H13BrN2/c1-7-4-10(7)13-6-9-3-2-8(11)5-12-9/h2-3,5,7,10,13H,4,6H2,1H3/t7-,10-/m1/s1. The molecule has 2 atom stereocenters. The van der Waals surface area contributed by atoms with Gasteiger partial charge in [0.1, 0.15) is 0 Å². The normalized spacial score (nSPS) is 26.0. The fraction of sp³-hybridized carbons (Fsp3) is 0.500. The summed E-state index contributed by atoms with van der Waals surface area (Å²) in [5.41, 5.74) is 1.11. The molecule has 0 aromatic carbocycles. The van der Waals surface area contributed by atoms with Crippen LogP contribution in [-0.4, -0.2) is 11.0 Å². The molecule has 1 saturated carbocycles. The largest absolute Gasteiger partial charge is 0.308 e. The summed E-state index contributed by atoms with van der Waals surface area (Å²) in [6.45, 7) is 3.16. The van der Waals surface area contributed by atoms with Crippen LogP contribution in [0.3, 0.4) is 0 Å². The summed E-state index contributed by atoms with van der Waals surface area (Å²) in [4.78, 5) is 4.29. The van der Waals surface area contributed by atoms with Gasteiger partial charge < -0.3 is 5.32 Å². The molecule has 0 bridgehead atoms. The summed E-state index contributed by atoms with van der Waals surface area (Å²) in [7, 11) is 0. The maximum atomic E-state index is 4.29. The Kier molecular flexibility index (Phi) is 2.65. The number of pyridine rings is 1. The monoisotopic (exact) mass is 240 g/mol. The molecule has 0 unspecified atom stereocenters. The van der Waals surface area contributed by atoms with Crippen molar-refractivity contribution in [3.8, 4) is 0 Å². The predicted molar refractivity (Wildman–Crippen MR) is 56.3 cm³/mol. The van der Waals surface area contributed by atoms with Crippen molar-refractivity contribution in [2.45, 2.75) is 25.9 Å². The van der Waals surface area contributed by atoms with Crippen molar-refractivity contribution in [3.05, 3.63) is 28.5 Å². The second-order valence-electron chi connectivity index (χ2n) is 3.67. The first-order valence-corrected chi connectivity index (χ1v) is 5.39. The summed E-state index contributed by atoms with van der Waals surface area (Å²) in [6.07, 6.45) is 3.16. The maximum Gasteiger partial charge on any atom is 0.0542 e. The fourth-order valence-corrected chi connectivity index (χ4v) is 1.59. The quantitative estimate of drug-likeness (QED) is 0.878. The van der Waals surface area contributed by atoms with Gasteiger partial charge >= 0.3 is 0 Å². The van der Waals surface area contributed by atoms with Crippen LogP contribution in [0.5, 0.6) is 0 Å². The van der Waals surface area contributed by atoms with Gasteiger partial charge in [-0.3, -0.25) is 4.98 Å². The van der Waals surface area contributed by atoms with Crippen LogP contribution in [-0.2, 0) is 6.54 Å². The molecule has 13 heavy (non-hydrogen) atoms. The molecule has 1 aliphatic carbocycles. The number of halogens is 1. The average Bonchev–Trinajstić information content (AvgIpc) is 2.81. The first kappa shape index (κ1) is 9.16. The van der Waals surface area contributed by atoms with Crippen molar-refractivity contribution in [2.24, 2.45) is 5.92 Å². The van der Waals surface area contributed by atoms with E-state index in [4.69, 9.17) is 0 Å². The van der Waals surface area contributed by atoms with Crippen LogP contribution < -0.4 is 5.32 Å². The molecule has 1 aromatic heterocycles. The third kappa shape index (κ3) is 2.51. The lowest BCUT2D eigenvalue weighted by atomic mass is 10.3. The molecule has 1 aliphatic rings. The number of nitrogens with one attached hydrogen (secondary N) is 1. The van der Waals surface area contributed by atoms with Gasteiger partial charge in [0.25, 0.3) is 0 Å². The van der Waals surface area contributed by atoms with Gasteiger partial charge in [-0.25, -0.2) is 0 Å². The Morgan fingerprint density at radius 3 is 2.92 bits per heavy atom. The van der Waals surface area contributed by atoms with Crippen molar-refractivity contribution < 1.29 is 0 Å². The van der Waals surface area contributed by atoms with Crippen LogP contribution in [0.4, 0.5) is 0 Å². The van der Waals surface area contributed by atoms with Gasteiger partial charge in [-0.2, -0.15) is 0 Å². The van der Waals surface area contributed by atoms with Crippen molar-refractivity contribution >= 4 is 15.9 Å². The molecule has 0 saturated heterocycles. The summed E-state index contributed by atoms with van der Waals surface area (Å²) >= 11 is 3.36. The van der Waals surface area contributed by atoms with Gasteiger partial charge in [0.2, 0.25) is 0 Å². The summed E-state index contributed by atoms with van der Waals surface area (Å²) in [6, 6.07) is 4.80. The Labute approximate surface area is 86.9 Å². The molecular weight excluding hydrogens is 228 g/mol. The first-order valence-electron chi connectivity index (χ1n) is 4.59. The number of aromatic nitrogens is 1. The van der Waals surface area contributed by atoms with E-state index >= 15 is 0 Å². The van der Waals surface area contributed by atoms with Crippen molar-refractivity contribution in [1.82, 2.24) is 10.3 Å². The molecule has 1 heterocycles. The molecule has 0 aliphatic heterocycles. The Morgan fingerprint density at radius 1 is 1.62 bits per heavy atom. The number of nitrogens with zero attached hydrogens (tertiary/aromatic N) is 1. The van der Waals surface area contributed by atoms with E-state index in [1.807, 2.05) is 18.3 Å². The predicted octanol–water partition coefficient (Wildman–Crippen LogP) is 2.34. The highest BCUT2D eigenvalue weighted by Gasteiger charge is 2.31. The summed E-state index contributed by atoms with van der Waals surface area (Å²) in [5.74, 6) is 0.857. The Morgan fingerprint density at radius 2 is 2.38 bits per heavy atom. The van der Waals surface area contributed by atoms with E-state index < -0.39 is 0 Å². The van der Waals surface area contributed by atoms with Gasteiger partial charge in [-0.15, -0.1) is 0 Å². The van der Waals surface area contributed by atoms with Crippen LogP contribution in [0.1, 0.15) is 19.0 Å². The van der Waals surface area contributed by atoms with Crippen molar-refractivity contribution in [3.63, 3.8) is 0 Å². The SMILES string of the molecule is C[C@@H]1C[C@H]1NCc1ccc(Br)cn1. The molecule has 0 radical (unpaired) electrons. The number of hydrogen-bond acceptors (Lipinski definition) is 2. The Balaban J connectivity index is 1.84. The molecular formula is C10H13BrN2. The zero-order chi connectivity index (χ0) is 9.26. The van der Waals surface area contributed by atoms with Crippen LogP contribution in [0.2, 0.25) is 0 Å². The van der Waals surface area contributed by atoms with Crippen molar-refractivity contribution in [1.29, 1.82) is 0 Å². The molecule has 1 N–H and O–H groups in total. The minimum atomic E-state index is 0.727. The van der Waals surface area contributed by atoms with Crippen LogP contribution in [0.25, 0.3) is 0 Å². The smallest absolute Gasteiger partial charge is 0.0542 e. The molecule has 0 spiro atoms. The molecule has 70 valence electrons. The molecule has 3 heteroatoms. The van der Waals surface area contributed by atoms with E-state index in [9.17, 15) is 0 Å². The van der Waals surface area contributed by atoms with E-state index in [0.717, 1.165) is 28.7 Å². The van der Waals surface area contributed by atoms with Gasteiger partial charge in [0.15, 0.2) is 0 Å². The zero-order valence-electron chi connectivity index (χ0n) is 7.63. The highest BCUT2D eigenvalue weighted by molar-refractivity contribution is 9.10. The molecule has 1 fully saturated rings. The van der Waals surface area contributed by atoms with Crippen molar-refractivity contribution in [2.75, 3.05) is 0 Å². The molecule has 2 rings (SSSR count). The van der Waals surface area contributed by atoms with Crippen LogP contribution in [0.15, 0.2) is 22.8 Å². The highest BCUT2D eigenvalue weighted by Crippen LogP contribution is 2.29. The van der Waals surface area contributed by atoms with E-state index in [0.29, 0.717) is 0 Å². The lowest BCUT2D eigenvalue weighted by molar-refractivity contribution is 0.642. The van der Waals surface area contributed by atoms with Crippen LogP contribution >= 0.6 is 15.9 Å². The van der Waals surface area contributed by atoms with Gasteiger partial charge in [-0.05, 0) is 40.4 Å². The van der Waals surface area contributed by atoms with E-state index in [1.165, 1.54) is 6.42 Å². The topological polar surface area (TPSA) is 24.9 Å². The molecule has 1 aromatic rings. The third-order valence-electron chi connectivity index (χ3n) is 2.44. The van der Waals surface area contributed by atoms with Gasteiger partial charge in [0, 0.05) is 23.3 Å². The second-order valence-corrected chi connectivity index (χ2v) is 4.58. The fourth-order valence-electron chi connectivity index (χ4n) is 1.35. The lowest BCUT2D eigenvalue weighted by Crippen LogP contribution is -2.17. The first-order chi connectivity index (χ1) is 6.25. The van der Waals surface area contributed by atoms with Crippen LogP contribution in [0, 0.1) is 5.92 Å². The average molecular weight is 241 g/mol.